The lowest BCUT2D eigenvalue weighted by Gasteiger charge is -2.40. The fourth-order valence-corrected chi connectivity index (χ4v) is 2.92. The first kappa shape index (κ1) is 14.8. The molecule has 5 heteroatoms. The molecule has 2 rings (SSSR count). The lowest BCUT2D eigenvalue weighted by Crippen LogP contribution is -2.54. The lowest BCUT2D eigenvalue weighted by molar-refractivity contribution is -0.148. The van der Waals surface area contributed by atoms with E-state index in [0.29, 0.717) is 26.2 Å². The SMILES string of the molecule is CC1CN(C(=O)CN2CCOC(C)(C)C2)CC(C)O1. The number of hydrogen-bond donors (Lipinski definition) is 0. The second kappa shape index (κ2) is 5.77. The van der Waals surface area contributed by atoms with Crippen molar-refractivity contribution in [2.75, 3.05) is 39.3 Å². The summed E-state index contributed by atoms with van der Waals surface area (Å²) in [6.07, 6.45) is 0.266. The van der Waals surface area contributed by atoms with E-state index in [1.54, 1.807) is 0 Å². The maximum Gasteiger partial charge on any atom is 0.236 e. The third-order valence-electron chi connectivity index (χ3n) is 3.64. The average Bonchev–Trinajstić information content (AvgIpc) is 2.26. The summed E-state index contributed by atoms with van der Waals surface area (Å²) in [5.41, 5.74) is -0.149. The topological polar surface area (TPSA) is 42.0 Å². The molecule has 0 aromatic rings. The number of nitrogens with zero attached hydrogens (tertiary/aromatic N) is 2. The number of morpholine rings is 2. The van der Waals surface area contributed by atoms with Crippen LogP contribution in [-0.4, -0.2) is 72.8 Å². The largest absolute Gasteiger partial charge is 0.373 e. The molecule has 0 spiro atoms. The third kappa shape index (κ3) is 4.16. The van der Waals surface area contributed by atoms with Crippen LogP contribution in [-0.2, 0) is 14.3 Å². The molecular weight excluding hydrogens is 244 g/mol. The van der Waals surface area contributed by atoms with Gasteiger partial charge in [-0.2, -0.15) is 0 Å². The summed E-state index contributed by atoms with van der Waals surface area (Å²) in [7, 11) is 0. The highest BCUT2D eigenvalue weighted by Crippen LogP contribution is 2.17. The molecule has 2 fully saturated rings. The zero-order valence-electron chi connectivity index (χ0n) is 12.5. The van der Waals surface area contributed by atoms with E-state index in [0.717, 1.165) is 13.1 Å². The van der Waals surface area contributed by atoms with Gasteiger partial charge in [-0.05, 0) is 27.7 Å². The summed E-state index contributed by atoms with van der Waals surface area (Å²) in [5, 5.41) is 0. The summed E-state index contributed by atoms with van der Waals surface area (Å²) >= 11 is 0. The van der Waals surface area contributed by atoms with E-state index in [9.17, 15) is 4.79 Å². The molecule has 0 aromatic carbocycles. The summed E-state index contributed by atoms with van der Waals surface area (Å²) in [4.78, 5) is 16.5. The summed E-state index contributed by atoms with van der Waals surface area (Å²) < 4.78 is 11.3. The van der Waals surface area contributed by atoms with Gasteiger partial charge in [0.15, 0.2) is 0 Å². The molecule has 0 saturated carbocycles. The van der Waals surface area contributed by atoms with Gasteiger partial charge in [0.25, 0.3) is 0 Å². The first-order valence-corrected chi connectivity index (χ1v) is 7.15. The highest BCUT2D eigenvalue weighted by atomic mass is 16.5. The molecule has 110 valence electrons. The van der Waals surface area contributed by atoms with Gasteiger partial charge in [0, 0.05) is 26.2 Å². The monoisotopic (exact) mass is 270 g/mol. The third-order valence-corrected chi connectivity index (χ3v) is 3.64. The number of ether oxygens (including phenoxy) is 2. The Morgan fingerprint density at radius 1 is 1.26 bits per heavy atom. The van der Waals surface area contributed by atoms with Crippen LogP contribution in [0.5, 0.6) is 0 Å². The Bertz CT molecular complexity index is 323. The van der Waals surface area contributed by atoms with E-state index < -0.39 is 0 Å². The molecule has 2 heterocycles. The number of carbonyl (C=O) groups is 1. The smallest absolute Gasteiger partial charge is 0.236 e. The predicted molar refractivity (Wildman–Crippen MR) is 73.1 cm³/mol. The van der Waals surface area contributed by atoms with Crippen molar-refractivity contribution in [3.63, 3.8) is 0 Å². The normalized spacial score (nSPS) is 32.3. The molecule has 0 bridgehead atoms. The molecule has 19 heavy (non-hydrogen) atoms. The van der Waals surface area contributed by atoms with Crippen LogP contribution in [0.4, 0.5) is 0 Å². The Morgan fingerprint density at radius 3 is 2.47 bits per heavy atom. The van der Waals surface area contributed by atoms with Gasteiger partial charge in [-0.15, -0.1) is 0 Å². The van der Waals surface area contributed by atoms with Gasteiger partial charge in [0.2, 0.25) is 5.91 Å². The highest BCUT2D eigenvalue weighted by molar-refractivity contribution is 5.78. The van der Waals surface area contributed by atoms with Gasteiger partial charge in [-0.25, -0.2) is 0 Å². The Labute approximate surface area is 115 Å². The van der Waals surface area contributed by atoms with E-state index in [1.165, 1.54) is 0 Å². The molecule has 2 aliphatic rings. The molecule has 2 unspecified atom stereocenters. The molecule has 2 atom stereocenters. The zero-order chi connectivity index (χ0) is 14.0. The Morgan fingerprint density at radius 2 is 1.89 bits per heavy atom. The first-order chi connectivity index (χ1) is 8.85. The maximum absolute atomic E-state index is 12.4. The van der Waals surface area contributed by atoms with Crippen molar-refractivity contribution in [2.24, 2.45) is 0 Å². The van der Waals surface area contributed by atoms with Gasteiger partial charge in [0.05, 0.1) is 31.0 Å². The zero-order valence-corrected chi connectivity index (χ0v) is 12.5. The van der Waals surface area contributed by atoms with Crippen LogP contribution in [0.3, 0.4) is 0 Å². The molecule has 5 nitrogen and oxygen atoms in total. The van der Waals surface area contributed by atoms with Crippen molar-refractivity contribution in [3.8, 4) is 0 Å². The van der Waals surface area contributed by atoms with Gasteiger partial charge in [-0.1, -0.05) is 0 Å². The Kier molecular flexibility index (Phi) is 4.48. The van der Waals surface area contributed by atoms with E-state index in [4.69, 9.17) is 9.47 Å². The number of carbonyl (C=O) groups excluding carboxylic acids is 1. The molecule has 0 aliphatic carbocycles. The minimum absolute atomic E-state index is 0.133. The van der Waals surface area contributed by atoms with E-state index in [2.05, 4.69) is 18.7 Å². The van der Waals surface area contributed by atoms with Crippen LogP contribution in [0.15, 0.2) is 0 Å². The molecular formula is C14H26N2O3. The molecule has 0 aromatic heterocycles. The van der Waals surface area contributed by atoms with Gasteiger partial charge in [0.1, 0.15) is 0 Å². The lowest BCUT2D eigenvalue weighted by atomic mass is 10.1. The predicted octanol–water partition coefficient (Wildman–Crippen LogP) is 0.733. The van der Waals surface area contributed by atoms with Crippen molar-refractivity contribution in [1.82, 2.24) is 9.80 Å². The molecule has 0 N–H and O–H groups in total. The van der Waals surface area contributed by atoms with E-state index >= 15 is 0 Å². The van der Waals surface area contributed by atoms with Gasteiger partial charge in [-0.3, -0.25) is 9.69 Å². The standard InChI is InChI=1S/C14H26N2O3/c1-11-7-16(8-12(2)19-11)13(17)9-15-5-6-18-14(3,4)10-15/h11-12H,5-10H2,1-4H3. The van der Waals surface area contributed by atoms with Crippen LogP contribution < -0.4 is 0 Å². The van der Waals surface area contributed by atoms with Gasteiger partial charge < -0.3 is 14.4 Å². The second-order valence-electron chi connectivity index (χ2n) is 6.37. The fourth-order valence-electron chi connectivity index (χ4n) is 2.92. The quantitative estimate of drug-likeness (QED) is 0.742. The van der Waals surface area contributed by atoms with E-state index in [1.807, 2.05) is 18.7 Å². The van der Waals surface area contributed by atoms with Crippen molar-refractivity contribution >= 4 is 5.91 Å². The second-order valence-corrected chi connectivity index (χ2v) is 6.37. The van der Waals surface area contributed by atoms with Crippen LogP contribution in [0.25, 0.3) is 0 Å². The minimum Gasteiger partial charge on any atom is -0.373 e. The van der Waals surface area contributed by atoms with Crippen molar-refractivity contribution < 1.29 is 14.3 Å². The van der Waals surface area contributed by atoms with Crippen LogP contribution in [0.2, 0.25) is 0 Å². The summed E-state index contributed by atoms with van der Waals surface area (Å²) in [6.45, 7) is 12.4. The van der Waals surface area contributed by atoms with Crippen LogP contribution >= 0.6 is 0 Å². The average molecular weight is 270 g/mol. The molecule has 2 saturated heterocycles. The molecule has 1 amide bonds. The Hall–Kier alpha value is -0.650. The minimum atomic E-state index is -0.149. The highest BCUT2D eigenvalue weighted by Gasteiger charge is 2.31. The van der Waals surface area contributed by atoms with Crippen molar-refractivity contribution in [2.45, 2.75) is 45.5 Å². The van der Waals surface area contributed by atoms with Crippen LogP contribution in [0, 0.1) is 0 Å². The first-order valence-electron chi connectivity index (χ1n) is 7.15. The van der Waals surface area contributed by atoms with E-state index in [-0.39, 0.29) is 23.7 Å². The fraction of sp³-hybridized carbons (Fsp3) is 0.929. The number of amides is 1. The van der Waals surface area contributed by atoms with Crippen molar-refractivity contribution in [3.05, 3.63) is 0 Å². The number of hydrogen-bond acceptors (Lipinski definition) is 4. The Balaban J connectivity index is 1.86. The van der Waals surface area contributed by atoms with Gasteiger partial charge >= 0.3 is 0 Å². The summed E-state index contributed by atoms with van der Waals surface area (Å²) in [5.74, 6) is 0.208. The molecule has 2 aliphatic heterocycles. The maximum atomic E-state index is 12.4. The molecule has 0 radical (unpaired) electrons. The summed E-state index contributed by atoms with van der Waals surface area (Å²) in [6, 6.07) is 0. The number of rotatable bonds is 2. The van der Waals surface area contributed by atoms with Crippen molar-refractivity contribution in [1.29, 1.82) is 0 Å². The van der Waals surface area contributed by atoms with Crippen LogP contribution in [0.1, 0.15) is 27.7 Å².